The van der Waals surface area contributed by atoms with Crippen molar-refractivity contribution in [1.29, 1.82) is 0 Å². The molecular formula is C12H19BrN2O2. The second-order valence-electron chi connectivity index (χ2n) is 3.63. The van der Waals surface area contributed by atoms with Crippen molar-refractivity contribution in [2.75, 3.05) is 38.8 Å². The first-order chi connectivity index (χ1) is 8.33. The first-order valence-corrected chi connectivity index (χ1v) is 6.53. The Morgan fingerprint density at radius 2 is 2.12 bits per heavy atom. The zero-order valence-electron chi connectivity index (χ0n) is 10.1. The number of anilines is 1. The molecule has 0 aliphatic heterocycles. The Bertz CT molecular complexity index is 310. The zero-order chi connectivity index (χ0) is 12.3. The van der Waals surface area contributed by atoms with E-state index in [-0.39, 0.29) is 0 Å². The lowest BCUT2D eigenvalue weighted by atomic mass is 10.3. The van der Waals surface area contributed by atoms with Gasteiger partial charge in [-0.25, -0.2) is 0 Å². The Hall–Kier alpha value is -0.650. The first-order valence-electron chi connectivity index (χ1n) is 5.74. The molecule has 0 atom stereocenters. The molecule has 1 aromatic rings. The molecule has 0 aromatic carbocycles. The van der Waals surface area contributed by atoms with Gasteiger partial charge in [-0.2, -0.15) is 0 Å². The predicted molar refractivity (Wildman–Crippen MR) is 72.4 cm³/mol. The molecule has 0 saturated heterocycles. The van der Waals surface area contributed by atoms with Gasteiger partial charge in [-0.05, 0) is 34.8 Å². The second-order valence-corrected chi connectivity index (χ2v) is 4.55. The van der Waals surface area contributed by atoms with Crippen molar-refractivity contribution >= 4 is 21.6 Å². The van der Waals surface area contributed by atoms with Crippen LogP contribution in [0.2, 0.25) is 0 Å². The van der Waals surface area contributed by atoms with Gasteiger partial charge in [0.1, 0.15) is 0 Å². The summed E-state index contributed by atoms with van der Waals surface area (Å²) in [5.41, 5.74) is 1.04. The number of unbranched alkanes of at least 4 members (excludes halogenated alkanes) is 1. The zero-order valence-corrected chi connectivity index (χ0v) is 11.7. The van der Waals surface area contributed by atoms with Gasteiger partial charge < -0.3 is 14.8 Å². The standard InChI is InChI=1S/C12H19BrN2O2/c1-16-6-7-17-5-3-2-4-15-12-8-11(13)9-14-10-12/h8-10,15H,2-7H2,1H3. The van der Waals surface area contributed by atoms with E-state index in [0.29, 0.717) is 13.2 Å². The predicted octanol–water partition coefficient (Wildman–Crippen LogP) is 2.70. The van der Waals surface area contributed by atoms with Crippen LogP contribution in [0.1, 0.15) is 12.8 Å². The molecule has 0 spiro atoms. The van der Waals surface area contributed by atoms with Crippen LogP contribution in [-0.2, 0) is 9.47 Å². The van der Waals surface area contributed by atoms with Gasteiger partial charge in [0.2, 0.25) is 0 Å². The molecule has 1 rings (SSSR count). The molecule has 0 saturated carbocycles. The maximum Gasteiger partial charge on any atom is 0.0700 e. The smallest absolute Gasteiger partial charge is 0.0700 e. The number of ether oxygens (including phenoxy) is 2. The molecule has 0 unspecified atom stereocenters. The highest BCUT2D eigenvalue weighted by atomic mass is 79.9. The van der Waals surface area contributed by atoms with Gasteiger partial charge in [0, 0.05) is 30.9 Å². The summed E-state index contributed by atoms with van der Waals surface area (Å²) in [5, 5.41) is 3.31. The van der Waals surface area contributed by atoms with Crippen molar-refractivity contribution in [3.05, 3.63) is 22.9 Å². The van der Waals surface area contributed by atoms with E-state index >= 15 is 0 Å². The molecule has 0 bridgehead atoms. The van der Waals surface area contributed by atoms with Crippen molar-refractivity contribution in [3.8, 4) is 0 Å². The third-order valence-electron chi connectivity index (χ3n) is 2.18. The maximum atomic E-state index is 5.37. The monoisotopic (exact) mass is 302 g/mol. The van der Waals surface area contributed by atoms with Gasteiger partial charge >= 0.3 is 0 Å². The van der Waals surface area contributed by atoms with Crippen LogP contribution in [-0.4, -0.2) is 38.5 Å². The van der Waals surface area contributed by atoms with Crippen molar-refractivity contribution in [3.63, 3.8) is 0 Å². The highest BCUT2D eigenvalue weighted by Gasteiger charge is 1.94. The SMILES string of the molecule is COCCOCCCCNc1cncc(Br)c1. The number of aromatic nitrogens is 1. The van der Waals surface area contributed by atoms with Gasteiger partial charge in [-0.1, -0.05) is 0 Å². The third kappa shape index (κ3) is 7.31. The molecule has 17 heavy (non-hydrogen) atoms. The fourth-order valence-corrected chi connectivity index (χ4v) is 1.68. The molecule has 96 valence electrons. The molecule has 5 heteroatoms. The van der Waals surface area contributed by atoms with E-state index in [2.05, 4.69) is 26.2 Å². The Morgan fingerprint density at radius 1 is 1.24 bits per heavy atom. The summed E-state index contributed by atoms with van der Waals surface area (Å²) in [7, 11) is 1.68. The minimum absolute atomic E-state index is 0.669. The molecule has 0 aliphatic rings. The summed E-state index contributed by atoms with van der Waals surface area (Å²) < 4.78 is 11.3. The summed E-state index contributed by atoms with van der Waals surface area (Å²) in [5.74, 6) is 0. The molecule has 1 aromatic heterocycles. The van der Waals surface area contributed by atoms with Crippen molar-refractivity contribution in [2.45, 2.75) is 12.8 Å². The van der Waals surface area contributed by atoms with Crippen molar-refractivity contribution in [2.24, 2.45) is 0 Å². The Labute approximate surface area is 111 Å². The van der Waals surface area contributed by atoms with E-state index in [0.717, 1.165) is 36.2 Å². The maximum absolute atomic E-state index is 5.37. The molecular weight excluding hydrogens is 284 g/mol. The topological polar surface area (TPSA) is 43.4 Å². The Balaban J connectivity index is 1.97. The van der Waals surface area contributed by atoms with Crippen molar-refractivity contribution < 1.29 is 9.47 Å². The Morgan fingerprint density at radius 3 is 2.88 bits per heavy atom. The Kier molecular flexibility index (Phi) is 7.96. The molecule has 1 heterocycles. The number of pyridine rings is 1. The molecule has 1 N–H and O–H groups in total. The first kappa shape index (κ1) is 14.4. The summed E-state index contributed by atoms with van der Waals surface area (Å²) in [6, 6.07) is 2.02. The summed E-state index contributed by atoms with van der Waals surface area (Å²) in [6.45, 7) is 3.08. The second kappa shape index (κ2) is 9.39. The van der Waals surface area contributed by atoms with Crippen molar-refractivity contribution in [1.82, 2.24) is 4.98 Å². The van der Waals surface area contributed by atoms with Crippen LogP contribution in [0.3, 0.4) is 0 Å². The van der Waals surface area contributed by atoms with Gasteiger partial charge in [-0.15, -0.1) is 0 Å². The number of nitrogens with zero attached hydrogens (tertiary/aromatic N) is 1. The molecule has 0 amide bonds. The minimum Gasteiger partial charge on any atom is -0.384 e. The fourth-order valence-electron chi connectivity index (χ4n) is 1.31. The average Bonchev–Trinajstić information content (AvgIpc) is 2.33. The molecule has 0 fully saturated rings. The minimum atomic E-state index is 0.669. The quantitative estimate of drug-likeness (QED) is 0.712. The molecule has 0 aliphatic carbocycles. The van der Waals surface area contributed by atoms with Gasteiger partial charge in [-0.3, -0.25) is 4.98 Å². The van der Waals surface area contributed by atoms with Crippen LogP contribution in [0.25, 0.3) is 0 Å². The number of nitrogens with one attached hydrogen (secondary N) is 1. The average molecular weight is 303 g/mol. The van der Waals surface area contributed by atoms with Crippen LogP contribution in [0, 0.1) is 0 Å². The lowest BCUT2D eigenvalue weighted by Crippen LogP contribution is -2.06. The van der Waals surface area contributed by atoms with Gasteiger partial charge in [0.05, 0.1) is 25.1 Å². The highest BCUT2D eigenvalue weighted by molar-refractivity contribution is 9.10. The summed E-state index contributed by atoms with van der Waals surface area (Å²) >= 11 is 3.39. The number of hydrogen-bond donors (Lipinski definition) is 1. The third-order valence-corrected chi connectivity index (χ3v) is 2.61. The van der Waals surface area contributed by atoms with E-state index < -0.39 is 0 Å². The summed E-state index contributed by atoms with van der Waals surface area (Å²) in [4.78, 5) is 4.09. The van der Waals surface area contributed by atoms with E-state index in [1.54, 1.807) is 13.3 Å². The highest BCUT2D eigenvalue weighted by Crippen LogP contribution is 2.13. The number of hydrogen-bond acceptors (Lipinski definition) is 4. The van der Waals surface area contributed by atoms with E-state index in [4.69, 9.17) is 9.47 Å². The van der Waals surface area contributed by atoms with E-state index in [9.17, 15) is 0 Å². The largest absolute Gasteiger partial charge is 0.384 e. The number of halogens is 1. The normalized spacial score (nSPS) is 10.5. The lowest BCUT2D eigenvalue weighted by molar-refractivity contribution is 0.0691. The number of methoxy groups -OCH3 is 1. The van der Waals surface area contributed by atoms with Crippen LogP contribution < -0.4 is 5.32 Å². The van der Waals surface area contributed by atoms with Gasteiger partial charge in [0.25, 0.3) is 0 Å². The summed E-state index contributed by atoms with van der Waals surface area (Å²) in [6.07, 6.45) is 5.73. The lowest BCUT2D eigenvalue weighted by Gasteiger charge is -2.06. The molecule has 4 nitrogen and oxygen atoms in total. The van der Waals surface area contributed by atoms with Crippen LogP contribution in [0.4, 0.5) is 5.69 Å². The van der Waals surface area contributed by atoms with Crippen LogP contribution in [0.15, 0.2) is 22.9 Å². The van der Waals surface area contributed by atoms with E-state index in [1.807, 2.05) is 12.3 Å². The van der Waals surface area contributed by atoms with Crippen LogP contribution in [0.5, 0.6) is 0 Å². The fraction of sp³-hybridized carbons (Fsp3) is 0.583. The van der Waals surface area contributed by atoms with E-state index in [1.165, 1.54) is 0 Å². The van der Waals surface area contributed by atoms with Crippen LogP contribution >= 0.6 is 15.9 Å². The number of rotatable bonds is 9. The molecule has 0 radical (unpaired) electrons. The van der Waals surface area contributed by atoms with Gasteiger partial charge in [0.15, 0.2) is 0 Å².